The van der Waals surface area contributed by atoms with E-state index < -0.39 is 11.3 Å². The average Bonchev–Trinajstić information content (AvgIpc) is 3.12. The van der Waals surface area contributed by atoms with Crippen molar-refractivity contribution in [3.05, 3.63) is 94.7 Å². The predicted molar refractivity (Wildman–Crippen MR) is 118 cm³/mol. The summed E-state index contributed by atoms with van der Waals surface area (Å²) in [6.45, 7) is 1.73. The third-order valence-electron chi connectivity index (χ3n) is 4.96. The Morgan fingerprint density at radius 2 is 1.74 bits per heavy atom. The fraction of sp³-hybridized carbons (Fsp3) is 0.120. The topological polar surface area (TPSA) is 61.8 Å². The van der Waals surface area contributed by atoms with E-state index in [1.165, 1.54) is 0 Å². The van der Waals surface area contributed by atoms with Gasteiger partial charge in [0.25, 0.3) is 0 Å². The maximum atomic E-state index is 12.8. The normalized spacial score (nSPS) is 14.7. The molecule has 0 saturated heterocycles. The predicted octanol–water partition coefficient (Wildman–Crippen LogP) is 5.51. The van der Waals surface area contributed by atoms with Gasteiger partial charge in [0.05, 0.1) is 12.7 Å². The first-order chi connectivity index (χ1) is 15.0. The summed E-state index contributed by atoms with van der Waals surface area (Å²) in [5, 5.41) is -0.943. The van der Waals surface area contributed by atoms with Gasteiger partial charge in [0.1, 0.15) is 17.2 Å². The largest absolute Gasteiger partial charge is 0.497 e. The Kier molecular flexibility index (Phi) is 5.78. The number of halogens is 1. The molecule has 5 nitrogen and oxygen atoms in total. The number of benzene rings is 3. The summed E-state index contributed by atoms with van der Waals surface area (Å²) in [6, 6.07) is 19.4. The van der Waals surface area contributed by atoms with Gasteiger partial charge in [-0.2, -0.15) is 0 Å². The summed E-state index contributed by atoms with van der Waals surface area (Å²) in [5.41, 5.74) is 2.41. The number of hydrogen-bond donors (Lipinski definition) is 0. The Balaban J connectivity index is 1.56. The van der Waals surface area contributed by atoms with Gasteiger partial charge in [0, 0.05) is 5.56 Å². The molecule has 3 aromatic carbocycles. The molecule has 0 radical (unpaired) electrons. The van der Waals surface area contributed by atoms with Crippen LogP contribution in [0.1, 0.15) is 32.4 Å². The minimum absolute atomic E-state index is 0.200. The number of ether oxygens (including phenoxy) is 3. The van der Waals surface area contributed by atoms with Gasteiger partial charge >= 0.3 is 5.97 Å². The second-order valence-electron chi connectivity index (χ2n) is 6.97. The molecule has 0 fully saturated rings. The third-order valence-corrected chi connectivity index (χ3v) is 5.39. The highest BCUT2D eigenvalue weighted by atomic mass is 35.5. The van der Waals surface area contributed by atoms with E-state index in [0.717, 1.165) is 11.3 Å². The Morgan fingerprint density at radius 3 is 2.42 bits per heavy atom. The number of rotatable bonds is 5. The molecular weight excluding hydrogens is 416 g/mol. The van der Waals surface area contributed by atoms with Crippen molar-refractivity contribution in [2.45, 2.75) is 12.3 Å². The molecule has 1 atom stereocenters. The van der Waals surface area contributed by atoms with E-state index in [9.17, 15) is 9.59 Å². The van der Waals surface area contributed by atoms with Crippen LogP contribution >= 0.6 is 11.6 Å². The van der Waals surface area contributed by atoms with Crippen molar-refractivity contribution < 1.29 is 23.8 Å². The Hall–Kier alpha value is -3.57. The molecule has 0 N–H and O–H groups in total. The Bertz CT molecular complexity index is 1170. The van der Waals surface area contributed by atoms with Crippen molar-refractivity contribution in [3.8, 4) is 17.2 Å². The van der Waals surface area contributed by atoms with Crippen LogP contribution < -0.4 is 14.2 Å². The van der Waals surface area contributed by atoms with Gasteiger partial charge in [-0.1, -0.05) is 42.5 Å². The lowest BCUT2D eigenvalue weighted by atomic mass is 10.1. The number of fused-ring (bicyclic) bond motifs is 1. The number of allylic oxidation sites excluding steroid dienone is 1. The van der Waals surface area contributed by atoms with Crippen LogP contribution in [0, 0.1) is 6.92 Å². The summed E-state index contributed by atoms with van der Waals surface area (Å²) in [5.74, 6) is 0.760. The van der Waals surface area contributed by atoms with E-state index in [2.05, 4.69) is 0 Å². The number of carbonyl (C=O) groups excluding carboxylic acids is 2. The molecule has 0 amide bonds. The molecule has 4 rings (SSSR count). The number of ketones is 1. The van der Waals surface area contributed by atoms with Crippen molar-refractivity contribution in [1.29, 1.82) is 0 Å². The molecule has 6 heteroatoms. The zero-order valence-corrected chi connectivity index (χ0v) is 17.7. The number of carbonyl (C=O) groups is 2. The summed E-state index contributed by atoms with van der Waals surface area (Å²) in [4.78, 5) is 25.3. The first-order valence-electron chi connectivity index (χ1n) is 9.60. The van der Waals surface area contributed by atoms with E-state index in [1.54, 1.807) is 68.6 Å². The molecular formula is C25H19ClO5. The molecule has 3 aromatic rings. The van der Waals surface area contributed by atoms with Crippen LogP contribution in [0.3, 0.4) is 0 Å². The second kappa shape index (κ2) is 8.66. The number of hydrogen-bond acceptors (Lipinski definition) is 5. The molecule has 0 bridgehead atoms. The molecule has 1 aliphatic heterocycles. The minimum atomic E-state index is -0.943. The summed E-state index contributed by atoms with van der Waals surface area (Å²) in [6.07, 6.45) is 1.66. The molecule has 156 valence electrons. The monoisotopic (exact) mass is 434 g/mol. The van der Waals surface area contributed by atoms with Crippen molar-refractivity contribution in [2.75, 3.05) is 7.11 Å². The zero-order chi connectivity index (χ0) is 22.0. The summed E-state index contributed by atoms with van der Waals surface area (Å²) in [7, 11) is 1.59. The average molecular weight is 435 g/mol. The highest BCUT2D eigenvalue weighted by molar-refractivity contribution is 6.30. The fourth-order valence-electron chi connectivity index (χ4n) is 3.25. The summed E-state index contributed by atoms with van der Waals surface area (Å²) < 4.78 is 16.5. The lowest BCUT2D eigenvalue weighted by Gasteiger charge is -2.13. The first-order valence-corrected chi connectivity index (χ1v) is 10.0. The molecule has 1 unspecified atom stereocenters. The number of Topliss-reactive ketones (excluding diaryl/α,β-unsaturated/α-hetero) is 1. The lowest BCUT2D eigenvalue weighted by Crippen LogP contribution is -2.15. The van der Waals surface area contributed by atoms with Gasteiger partial charge in [-0.3, -0.25) is 4.79 Å². The van der Waals surface area contributed by atoms with Crippen molar-refractivity contribution in [2.24, 2.45) is 0 Å². The molecule has 1 heterocycles. The SMILES string of the molecule is COc1ccc(/C=C2\Oc3c(ccc(OC(=O)C(Cl)c4ccccc4)c3C)C2=O)cc1. The number of esters is 1. The van der Waals surface area contributed by atoms with E-state index in [1.807, 2.05) is 18.2 Å². The van der Waals surface area contributed by atoms with Gasteiger partial charge in [-0.25, -0.2) is 4.79 Å². The van der Waals surface area contributed by atoms with Crippen LogP contribution in [0.5, 0.6) is 17.2 Å². The lowest BCUT2D eigenvalue weighted by molar-refractivity contribution is -0.134. The van der Waals surface area contributed by atoms with Crippen molar-refractivity contribution >= 4 is 29.4 Å². The first kappa shape index (κ1) is 20.7. The van der Waals surface area contributed by atoms with Crippen molar-refractivity contribution in [1.82, 2.24) is 0 Å². The van der Waals surface area contributed by atoms with Crippen LogP contribution in [0.2, 0.25) is 0 Å². The van der Waals surface area contributed by atoms with Crippen LogP contribution in [0.15, 0.2) is 72.5 Å². The molecule has 0 aliphatic carbocycles. The van der Waals surface area contributed by atoms with Crippen LogP contribution in [0.25, 0.3) is 6.08 Å². The standard InChI is InChI=1S/C25H19ClO5/c1-15-20(31-25(28)22(26)17-6-4-3-5-7-17)13-12-19-23(27)21(30-24(15)19)14-16-8-10-18(29-2)11-9-16/h3-14,22H,1-2H3/b21-14-. The maximum absolute atomic E-state index is 12.8. The molecule has 0 spiro atoms. The van der Waals surface area contributed by atoms with Crippen molar-refractivity contribution in [3.63, 3.8) is 0 Å². The highest BCUT2D eigenvalue weighted by Gasteiger charge is 2.31. The van der Waals surface area contributed by atoms with Gasteiger partial charge in [0.15, 0.2) is 11.1 Å². The van der Waals surface area contributed by atoms with Crippen LogP contribution in [-0.4, -0.2) is 18.9 Å². The quantitative estimate of drug-likeness (QED) is 0.229. The molecule has 1 aliphatic rings. The molecule has 0 saturated carbocycles. The third kappa shape index (κ3) is 4.18. The number of alkyl halides is 1. The van der Waals surface area contributed by atoms with E-state index >= 15 is 0 Å². The second-order valence-corrected chi connectivity index (χ2v) is 7.41. The Morgan fingerprint density at radius 1 is 1.03 bits per heavy atom. The van der Waals surface area contributed by atoms with Gasteiger partial charge < -0.3 is 14.2 Å². The minimum Gasteiger partial charge on any atom is -0.497 e. The van der Waals surface area contributed by atoms with Crippen LogP contribution in [0.4, 0.5) is 0 Å². The van der Waals surface area contributed by atoms with Gasteiger partial charge in [-0.15, -0.1) is 11.6 Å². The van der Waals surface area contributed by atoms with E-state index in [-0.39, 0.29) is 11.5 Å². The van der Waals surface area contributed by atoms with E-state index in [0.29, 0.717) is 28.2 Å². The van der Waals surface area contributed by atoms with Gasteiger partial charge in [-0.05, 0) is 48.4 Å². The molecule has 0 aromatic heterocycles. The Labute approximate surface area is 184 Å². The zero-order valence-electron chi connectivity index (χ0n) is 16.9. The highest BCUT2D eigenvalue weighted by Crippen LogP contribution is 2.40. The maximum Gasteiger partial charge on any atom is 0.334 e. The van der Waals surface area contributed by atoms with Gasteiger partial charge in [0.2, 0.25) is 5.78 Å². The fourth-order valence-corrected chi connectivity index (χ4v) is 3.44. The number of methoxy groups -OCH3 is 1. The van der Waals surface area contributed by atoms with E-state index in [4.69, 9.17) is 25.8 Å². The smallest absolute Gasteiger partial charge is 0.334 e. The molecule has 31 heavy (non-hydrogen) atoms. The van der Waals surface area contributed by atoms with Crippen LogP contribution in [-0.2, 0) is 4.79 Å². The summed E-state index contributed by atoms with van der Waals surface area (Å²) >= 11 is 6.26.